The first-order chi connectivity index (χ1) is 25.2. The van der Waals surface area contributed by atoms with Gasteiger partial charge in [0.15, 0.2) is 0 Å². The Kier molecular flexibility index (Phi) is 12.0. The van der Waals surface area contributed by atoms with Crippen molar-refractivity contribution in [1.82, 2.24) is 19.3 Å². The molecule has 274 valence electrons. The first-order valence-electron chi connectivity index (χ1n) is 18.7. The molecule has 0 aliphatic carbocycles. The van der Waals surface area contributed by atoms with E-state index in [1.807, 2.05) is 41.0 Å². The molecule has 0 fully saturated rings. The zero-order valence-corrected chi connectivity index (χ0v) is 33.1. The van der Waals surface area contributed by atoms with Crippen molar-refractivity contribution in [2.24, 2.45) is 0 Å². The summed E-state index contributed by atoms with van der Waals surface area (Å²) < 4.78 is 25.0. The SMILES string of the molecule is CCCCCCCc1c(-c2cc(C)c(C)c(C)c2)c(CCC)nn1-c1[c-]c(Oc2[c-]c3c(cc2)c2ccccc2n3-c2cc(F)ccn2)cc(C)c1.[Pd+2]. The van der Waals surface area contributed by atoms with Crippen LogP contribution in [0, 0.1) is 45.6 Å². The third-order valence-electron chi connectivity index (χ3n) is 10.2. The van der Waals surface area contributed by atoms with Gasteiger partial charge in [-0.2, -0.15) is 16.7 Å². The Morgan fingerprint density at radius 2 is 1.53 bits per heavy atom. The molecule has 0 radical (unpaired) electrons. The minimum atomic E-state index is -0.345. The molecule has 0 unspecified atom stereocenters. The Balaban J connectivity index is 0.00000481. The van der Waals surface area contributed by atoms with Crippen LogP contribution in [0.5, 0.6) is 11.5 Å². The second-order valence-corrected chi connectivity index (χ2v) is 14.1. The normalized spacial score (nSPS) is 11.4. The molecule has 7 rings (SSSR count). The summed E-state index contributed by atoms with van der Waals surface area (Å²) in [4.78, 5) is 4.50. The van der Waals surface area contributed by atoms with Crippen molar-refractivity contribution in [2.75, 3.05) is 0 Å². The van der Waals surface area contributed by atoms with E-state index in [4.69, 9.17) is 9.84 Å². The van der Waals surface area contributed by atoms with Crippen LogP contribution in [0.4, 0.5) is 4.39 Å². The molecular formula is C46H47FN4OPd. The zero-order chi connectivity index (χ0) is 36.4. The molecule has 0 bridgehead atoms. The first-order valence-corrected chi connectivity index (χ1v) is 18.7. The van der Waals surface area contributed by atoms with Crippen LogP contribution >= 0.6 is 0 Å². The number of unbranched alkanes of at least 4 members (excludes halogenated alkanes) is 4. The molecule has 0 spiro atoms. The largest absolute Gasteiger partial charge is 2.00 e. The van der Waals surface area contributed by atoms with Gasteiger partial charge in [-0.25, -0.2) is 9.37 Å². The van der Waals surface area contributed by atoms with Crippen molar-refractivity contribution in [3.63, 3.8) is 0 Å². The topological polar surface area (TPSA) is 44.9 Å². The van der Waals surface area contributed by atoms with E-state index in [2.05, 4.69) is 87.6 Å². The van der Waals surface area contributed by atoms with Gasteiger partial charge >= 0.3 is 20.4 Å². The molecule has 7 aromatic rings. The van der Waals surface area contributed by atoms with Crippen LogP contribution in [-0.2, 0) is 33.3 Å². The number of aryl methyl sites for hydroxylation is 4. The number of rotatable bonds is 13. The van der Waals surface area contributed by atoms with Gasteiger partial charge in [0.05, 0.1) is 5.69 Å². The second kappa shape index (κ2) is 16.6. The fraction of sp³-hybridized carbons (Fsp3) is 0.304. The van der Waals surface area contributed by atoms with Gasteiger partial charge in [0.25, 0.3) is 0 Å². The number of nitrogens with zero attached hydrogens (tertiary/aromatic N) is 4. The number of para-hydroxylation sites is 1. The number of benzene rings is 4. The number of aromatic nitrogens is 4. The van der Waals surface area contributed by atoms with E-state index in [-0.39, 0.29) is 26.2 Å². The zero-order valence-electron chi connectivity index (χ0n) is 31.6. The Morgan fingerprint density at radius 1 is 0.755 bits per heavy atom. The van der Waals surface area contributed by atoms with E-state index in [0.29, 0.717) is 17.3 Å². The van der Waals surface area contributed by atoms with Gasteiger partial charge in [0.1, 0.15) is 11.6 Å². The predicted molar refractivity (Wildman–Crippen MR) is 211 cm³/mol. The molecule has 4 aromatic carbocycles. The Labute approximate surface area is 326 Å². The maximum atomic E-state index is 14.4. The van der Waals surface area contributed by atoms with Gasteiger partial charge < -0.3 is 9.30 Å². The van der Waals surface area contributed by atoms with Crippen LogP contribution < -0.4 is 4.74 Å². The van der Waals surface area contributed by atoms with Gasteiger partial charge in [-0.1, -0.05) is 88.7 Å². The number of fused-ring (bicyclic) bond motifs is 3. The van der Waals surface area contributed by atoms with Gasteiger partial charge in [-0.15, -0.1) is 35.7 Å². The number of pyridine rings is 1. The van der Waals surface area contributed by atoms with E-state index in [1.165, 1.54) is 77.5 Å². The monoisotopic (exact) mass is 796 g/mol. The smallest absolute Gasteiger partial charge is 0.509 e. The first kappa shape index (κ1) is 38.2. The average molecular weight is 797 g/mol. The fourth-order valence-electron chi connectivity index (χ4n) is 7.39. The fourth-order valence-corrected chi connectivity index (χ4v) is 7.39. The summed E-state index contributed by atoms with van der Waals surface area (Å²) >= 11 is 0. The molecule has 7 heteroatoms. The van der Waals surface area contributed by atoms with Crippen LogP contribution in [0.15, 0.2) is 79.0 Å². The van der Waals surface area contributed by atoms with Crippen molar-refractivity contribution in [2.45, 2.75) is 92.9 Å². The summed E-state index contributed by atoms with van der Waals surface area (Å²) in [7, 11) is 0. The minimum absolute atomic E-state index is 0. The Hall–Kier alpha value is -4.57. The molecule has 0 saturated carbocycles. The third-order valence-corrected chi connectivity index (χ3v) is 10.2. The molecule has 0 amide bonds. The maximum absolute atomic E-state index is 14.4. The quantitative estimate of drug-likeness (QED) is 0.0663. The van der Waals surface area contributed by atoms with Crippen molar-refractivity contribution in [3.05, 3.63) is 131 Å². The standard InChI is InChI=1S/C46H47FN4O.Pd/c1-7-9-10-11-12-18-43-46(34-25-31(4)33(6)32(5)26-34)41(15-8-2)49-51(43)36-23-30(3)24-38(28-36)52-37-19-20-40-39-16-13-14-17-42(39)50(44(40)29-37)45-27-35(47)21-22-48-45;/h13-14,16-17,19-27H,7-12,15,18H2,1-6H3;/q-2;+2. The summed E-state index contributed by atoms with van der Waals surface area (Å²) in [5, 5.41) is 7.35. The number of halogens is 1. The number of ether oxygens (including phenoxy) is 1. The van der Waals surface area contributed by atoms with Crippen LogP contribution in [0.1, 0.15) is 86.0 Å². The molecule has 53 heavy (non-hydrogen) atoms. The molecule has 0 N–H and O–H groups in total. The summed E-state index contributed by atoms with van der Waals surface area (Å²) in [5.74, 6) is 1.27. The van der Waals surface area contributed by atoms with E-state index in [9.17, 15) is 4.39 Å². The minimum Gasteiger partial charge on any atom is -0.509 e. The van der Waals surface area contributed by atoms with E-state index in [0.717, 1.165) is 64.4 Å². The van der Waals surface area contributed by atoms with Gasteiger partial charge in [-0.3, -0.25) is 4.68 Å². The molecule has 3 heterocycles. The Morgan fingerprint density at radius 3 is 2.28 bits per heavy atom. The average Bonchev–Trinajstić information content (AvgIpc) is 3.65. The van der Waals surface area contributed by atoms with E-state index < -0.39 is 0 Å². The van der Waals surface area contributed by atoms with Crippen LogP contribution in [0.25, 0.3) is 44.4 Å². The molecule has 5 nitrogen and oxygen atoms in total. The summed E-state index contributed by atoms with van der Waals surface area (Å²) in [6, 6.07) is 30.7. The van der Waals surface area contributed by atoms with Crippen molar-refractivity contribution >= 4 is 21.8 Å². The number of hydrogen-bond donors (Lipinski definition) is 0. The number of hydrogen-bond acceptors (Lipinski definition) is 3. The summed E-state index contributed by atoms with van der Waals surface area (Å²) in [6.45, 7) is 13.2. The molecular weight excluding hydrogens is 750 g/mol. The van der Waals surface area contributed by atoms with Crippen LogP contribution in [0.2, 0.25) is 0 Å². The molecule has 0 aliphatic rings. The summed E-state index contributed by atoms with van der Waals surface area (Å²) in [5.41, 5.74) is 12.4. The van der Waals surface area contributed by atoms with Crippen LogP contribution in [-0.4, -0.2) is 19.3 Å². The van der Waals surface area contributed by atoms with Gasteiger partial charge in [0.2, 0.25) is 0 Å². The predicted octanol–water partition coefficient (Wildman–Crippen LogP) is 12.3. The van der Waals surface area contributed by atoms with Crippen molar-refractivity contribution in [1.29, 1.82) is 0 Å². The van der Waals surface area contributed by atoms with Crippen LogP contribution in [0.3, 0.4) is 0 Å². The molecule has 0 atom stereocenters. The van der Waals surface area contributed by atoms with E-state index in [1.54, 1.807) is 0 Å². The van der Waals surface area contributed by atoms with Gasteiger partial charge in [0, 0.05) is 40.5 Å². The second-order valence-electron chi connectivity index (χ2n) is 14.1. The molecule has 3 aromatic heterocycles. The van der Waals surface area contributed by atoms with Crippen molar-refractivity contribution in [3.8, 4) is 34.1 Å². The molecule has 0 saturated heterocycles. The Bertz CT molecular complexity index is 2370. The summed E-state index contributed by atoms with van der Waals surface area (Å²) in [6.07, 6.45) is 10.4. The van der Waals surface area contributed by atoms with Crippen molar-refractivity contribution < 1.29 is 29.6 Å². The maximum Gasteiger partial charge on any atom is 2.00 e. The molecule has 0 aliphatic heterocycles. The van der Waals surface area contributed by atoms with E-state index >= 15 is 0 Å². The third kappa shape index (κ3) is 7.88. The van der Waals surface area contributed by atoms with Gasteiger partial charge in [-0.05, 0) is 85.5 Å².